The summed E-state index contributed by atoms with van der Waals surface area (Å²) in [6.45, 7) is 1.01. The lowest BCUT2D eigenvalue weighted by Gasteiger charge is -2.10. The van der Waals surface area contributed by atoms with E-state index in [1.54, 1.807) is 12.1 Å². The molecule has 7 heteroatoms. The van der Waals surface area contributed by atoms with Crippen molar-refractivity contribution in [1.82, 2.24) is 5.32 Å². The predicted molar refractivity (Wildman–Crippen MR) is 78.7 cm³/mol. The Morgan fingerprint density at radius 1 is 1.55 bits per heavy atom. The Balaban J connectivity index is 2.11. The van der Waals surface area contributed by atoms with Crippen molar-refractivity contribution in [3.8, 4) is 6.07 Å². The lowest BCUT2D eigenvalue weighted by atomic mass is 10.1. The van der Waals surface area contributed by atoms with Crippen molar-refractivity contribution in [3.63, 3.8) is 0 Å². The lowest BCUT2D eigenvalue weighted by Crippen LogP contribution is -2.32. The highest BCUT2D eigenvalue weighted by Gasteiger charge is 2.18. The van der Waals surface area contributed by atoms with Crippen LogP contribution in [0.3, 0.4) is 0 Å². The maximum atomic E-state index is 12.0. The van der Waals surface area contributed by atoms with E-state index in [1.807, 2.05) is 0 Å². The van der Waals surface area contributed by atoms with Crippen LogP contribution in [0.1, 0.15) is 18.4 Å². The van der Waals surface area contributed by atoms with Gasteiger partial charge in [0.2, 0.25) is 0 Å². The maximum Gasteiger partial charge on any atom is 0.276 e. The minimum Gasteiger partial charge on any atom is -0.376 e. The van der Waals surface area contributed by atoms with Crippen molar-refractivity contribution in [3.05, 3.63) is 45.5 Å². The molecule has 1 N–H and O–H groups in total. The number of carbonyl (C=O) groups excluding carboxylic acids is 1. The largest absolute Gasteiger partial charge is 0.376 e. The fourth-order valence-electron chi connectivity index (χ4n) is 2.19. The summed E-state index contributed by atoms with van der Waals surface area (Å²) >= 11 is 0. The molecule has 1 aromatic carbocycles. The zero-order valence-corrected chi connectivity index (χ0v) is 11.8. The van der Waals surface area contributed by atoms with Gasteiger partial charge in [-0.1, -0.05) is 12.1 Å². The van der Waals surface area contributed by atoms with Crippen molar-refractivity contribution < 1.29 is 14.5 Å². The number of amides is 1. The first-order chi connectivity index (χ1) is 10.6. The number of rotatable bonds is 5. The van der Waals surface area contributed by atoms with Gasteiger partial charge in [-0.2, -0.15) is 5.26 Å². The van der Waals surface area contributed by atoms with Gasteiger partial charge in [0, 0.05) is 19.2 Å². The van der Waals surface area contributed by atoms with E-state index in [0.717, 1.165) is 12.8 Å². The number of nitriles is 1. The van der Waals surface area contributed by atoms with Gasteiger partial charge >= 0.3 is 0 Å². The first-order valence-corrected chi connectivity index (χ1v) is 6.87. The number of carbonyl (C=O) groups is 1. The summed E-state index contributed by atoms with van der Waals surface area (Å²) in [4.78, 5) is 22.4. The molecule has 2 rings (SSSR count). The number of nitrogens with one attached hydrogen (secondary N) is 1. The van der Waals surface area contributed by atoms with Crippen LogP contribution < -0.4 is 5.32 Å². The number of benzene rings is 1. The lowest BCUT2D eigenvalue weighted by molar-refractivity contribution is -0.385. The summed E-state index contributed by atoms with van der Waals surface area (Å²) in [7, 11) is 0. The van der Waals surface area contributed by atoms with Crippen LogP contribution in [0.25, 0.3) is 6.08 Å². The number of nitro benzene ring substituents is 1. The molecule has 1 aromatic rings. The van der Waals surface area contributed by atoms with Crippen LogP contribution in [-0.2, 0) is 9.53 Å². The average Bonchev–Trinajstić information content (AvgIpc) is 3.04. The molecule has 1 fully saturated rings. The molecule has 0 aliphatic carbocycles. The predicted octanol–water partition coefficient (Wildman–Crippen LogP) is 1.80. The number of nitro groups is 1. The van der Waals surface area contributed by atoms with E-state index in [0.29, 0.717) is 13.2 Å². The summed E-state index contributed by atoms with van der Waals surface area (Å²) in [5, 5.41) is 22.7. The second-order valence-electron chi connectivity index (χ2n) is 4.83. The molecule has 1 saturated heterocycles. The van der Waals surface area contributed by atoms with Gasteiger partial charge in [-0.05, 0) is 25.0 Å². The first-order valence-electron chi connectivity index (χ1n) is 6.87. The number of hydrogen-bond acceptors (Lipinski definition) is 5. The quantitative estimate of drug-likeness (QED) is 0.386. The van der Waals surface area contributed by atoms with Gasteiger partial charge in [0.05, 0.1) is 16.6 Å². The van der Waals surface area contributed by atoms with Crippen LogP contribution in [0.2, 0.25) is 0 Å². The van der Waals surface area contributed by atoms with E-state index < -0.39 is 10.8 Å². The summed E-state index contributed by atoms with van der Waals surface area (Å²) in [6.07, 6.45) is 3.02. The fraction of sp³-hybridized carbons (Fsp3) is 0.333. The summed E-state index contributed by atoms with van der Waals surface area (Å²) < 4.78 is 5.38. The van der Waals surface area contributed by atoms with Crippen LogP contribution >= 0.6 is 0 Å². The van der Waals surface area contributed by atoms with Crippen LogP contribution in [0.4, 0.5) is 5.69 Å². The van der Waals surface area contributed by atoms with E-state index >= 15 is 0 Å². The Labute approximate surface area is 127 Å². The highest BCUT2D eigenvalue weighted by atomic mass is 16.6. The monoisotopic (exact) mass is 301 g/mol. The Kier molecular flexibility index (Phi) is 5.22. The van der Waals surface area contributed by atoms with Crippen LogP contribution in [0.15, 0.2) is 29.8 Å². The molecular weight excluding hydrogens is 286 g/mol. The Morgan fingerprint density at radius 3 is 2.95 bits per heavy atom. The van der Waals surface area contributed by atoms with Gasteiger partial charge in [-0.3, -0.25) is 14.9 Å². The van der Waals surface area contributed by atoms with Crippen molar-refractivity contribution in [2.45, 2.75) is 18.9 Å². The molecule has 1 heterocycles. The van der Waals surface area contributed by atoms with Gasteiger partial charge in [-0.25, -0.2) is 0 Å². The van der Waals surface area contributed by atoms with E-state index in [2.05, 4.69) is 5.32 Å². The standard InChI is InChI=1S/C15H15N3O4/c16-9-12(15(19)17-10-13-5-3-7-22-13)8-11-4-1-2-6-14(11)18(20)21/h1-2,4,6,8,13H,3,5,7,10H2,(H,17,19)/b12-8+/t13-/m0/s1. The molecule has 1 atom stereocenters. The highest BCUT2D eigenvalue weighted by Crippen LogP contribution is 2.20. The number of para-hydroxylation sites is 1. The molecule has 0 radical (unpaired) electrons. The van der Waals surface area contributed by atoms with Gasteiger partial charge in [0.25, 0.3) is 11.6 Å². The summed E-state index contributed by atoms with van der Waals surface area (Å²) in [5.74, 6) is -0.559. The van der Waals surface area contributed by atoms with Gasteiger partial charge in [0.1, 0.15) is 11.6 Å². The zero-order valence-electron chi connectivity index (χ0n) is 11.8. The summed E-state index contributed by atoms with van der Waals surface area (Å²) in [5.41, 5.74) is -0.106. The van der Waals surface area contributed by atoms with Crippen molar-refractivity contribution in [1.29, 1.82) is 5.26 Å². The minimum absolute atomic E-state index is 0.0324. The van der Waals surface area contributed by atoms with Gasteiger partial charge in [0.15, 0.2) is 0 Å². The van der Waals surface area contributed by atoms with Gasteiger partial charge < -0.3 is 10.1 Å². The molecule has 1 amide bonds. The highest BCUT2D eigenvalue weighted by molar-refractivity contribution is 6.02. The van der Waals surface area contributed by atoms with E-state index in [-0.39, 0.29) is 22.9 Å². The Bertz CT molecular complexity index is 642. The third-order valence-electron chi connectivity index (χ3n) is 3.31. The van der Waals surface area contributed by atoms with E-state index in [4.69, 9.17) is 10.00 Å². The normalized spacial score (nSPS) is 17.8. The molecular formula is C15H15N3O4. The molecule has 114 valence electrons. The molecule has 1 aliphatic heterocycles. The van der Waals surface area contributed by atoms with Crippen LogP contribution in [-0.4, -0.2) is 30.1 Å². The minimum atomic E-state index is -0.559. The molecule has 0 bridgehead atoms. The number of nitrogens with zero attached hydrogens (tertiary/aromatic N) is 2. The molecule has 0 unspecified atom stereocenters. The number of ether oxygens (including phenoxy) is 1. The first kappa shape index (κ1) is 15.7. The van der Waals surface area contributed by atoms with Gasteiger partial charge in [-0.15, -0.1) is 0 Å². The topological polar surface area (TPSA) is 105 Å². The molecule has 0 aromatic heterocycles. The molecule has 0 spiro atoms. The van der Waals surface area contributed by atoms with Crippen molar-refractivity contribution in [2.75, 3.05) is 13.2 Å². The molecule has 7 nitrogen and oxygen atoms in total. The smallest absolute Gasteiger partial charge is 0.276 e. The SMILES string of the molecule is N#C/C(=C\c1ccccc1[N+](=O)[O-])C(=O)NC[C@@H]1CCCO1. The Hall–Kier alpha value is -2.72. The molecule has 1 aliphatic rings. The fourth-order valence-corrected chi connectivity index (χ4v) is 2.19. The van der Waals surface area contributed by atoms with E-state index in [1.165, 1.54) is 24.3 Å². The van der Waals surface area contributed by atoms with Crippen LogP contribution in [0, 0.1) is 21.4 Å². The van der Waals surface area contributed by atoms with Crippen molar-refractivity contribution in [2.24, 2.45) is 0 Å². The molecule has 0 saturated carbocycles. The zero-order chi connectivity index (χ0) is 15.9. The summed E-state index contributed by atoms with van der Waals surface area (Å²) in [6, 6.07) is 7.73. The van der Waals surface area contributed by atoms with Crippen molar-refractivity contribution >= 4 is 17.7 Å². The third-order valence-corrected chi connectivity index (χ3v) is 3.31. The maximum absolute atomic E-state index is 12.0. The van der Waals surface area contributed by atoms with E-state index in [9.17, 15) is 14.9 Å². The second kappa shape index (κ2) is 7.33. The average molecular weight is 301 g/mol. The second-order valence-corrected chi connectivity index (χ2v) is 4.83. The molecule has 22 heavy (non-hydrogen) atoms. The number of hydrogen-bond donors (Lipinski definition) is 1. The van der Waals surface area contributed by atoms with Crippen LogP contribution in [0.5, 0.6) is 0 Å². The third kappa shape index (κ3) is 3.90. The Morgan fingerprint density at radius 2 is 2.32 bits per heavy atom.